The van der Waals surface area contributed by atoms with E-state index in [1.54, 1.807) is 0 Å². The second-order valence-corrected chi connectivity index (χ2v) is 4.11. The molecule has 0 spiro atoms. The molecule has 2 N–H and O–H groups in total. The Bertz CT molecular complexity index is 228. The van der Waals surface area contributed by atoms with Gasteiger partial charge in [-0.15, -0.1) is 0 Å². The monoisotopic (exact) mass is 232 g/mol. The van der Waals surface area contributed by atoms with Gasteiger partial charge < -0.3 is 19.7 Å². The quantitative estimate of drug-likeness (QED) is 0.708. The molecule has 5 nitrogen and oxygen atoms in total. The van der Waals surface area contributed by atoms with Gasteiger partial charge in [0.1, 0.15) is 0 Å². The van der Waals surface area contributed by atoms with E-state index in [0.29, 0.717) is 19.4 Å². The van der Waals surface area contributed by atoms with Crippen LogP contribution >= 0.6 is 0 Å². The SMILES string of the molecule is CCCC1CC(OCCO)(C(=O)O)CCO1. The van der Waals surface area contributed by atoms with Gasteiger partial charge in [-0.25, -0.2) is 4.79 Å². The average molecular weight is 232 g/mol. The third-order valence-electron chi connectivity index (χ3n) is 2.89. The fourth-order valence-electron chi connectivity index (χ4n) is 2.05. The maximum atomic E-state index is 11.3. The van der Waals surface area contributed by atoms with Crippen LogP contribution < -0.4 is 0 Å². The molecule has 0 bridgehead atoms. The number of aliphatic hydroxyl groups excluding tert-OH is 1. The van der Waals surface area contributed by atoms with Crippen molar-refractivity contribution >= 4 is 5.97 Å². The minimum absolute atomic E-state index is 0.0476. The Morgan fingerprint density at radius 1 is 1.62 bits per heavy atom. The van der Waals surface area contributed by atoms with E-state index in [-0.39, 0.29) is 19.3 Å². The van der Waals surface area contributed by atoms with Crippen LogP contribution in [0.3, 0.4) is 0 Å². The number of ether oxygens (including phenoxy) is 2. The number of carboxylic acid groups (broad SMARTS) is 1. The van der Waals surface area contributed by atoms with Crippen LogP contribution in [0.25, 0.3) is 0 Å². The zero-order valence-corrected chi connectivity index (χ0v) is 9.65. The lowest BCUT2D eigenvalue weighted by molar-refractivity contribution is -0.188. The summed E-state index contributed by atoms with van der Waals surface area (Å²) in [7, 11) is 0. The summed E-state index contributed by atoms with van der Waals surface area (Å²) in [4.78, 5) is 11.3. The van der Waals surface area contributed by atoms with E-state index >= 15 is 0 Å². The Labute approximate surface area is 95.4 Å². The molecule has 1 aliphatic heterocycles. The molecule has 0 radical (unpaired) electrons. The molecule has 2 unspecified atom stereocenters. The zero-order chi connectivity index (χ0) is 12.0. The van der Waals surface area contributed by atoms with Gasteiger partial charge in [-0.2, -0.15) is 0 Å². The Morgan fingerprint density at radius 2 is 2.38 bits per heavy atom. The van der Waals surface area contributed by atoms with Gasteiger partial charge in [-0.05, 0) is 6.42 Å². The van der Waals surface area contributed by atoms with E-state index in [9.17, 15) is 9.90 Å². The number of carboxylic acids is 1. The number of carbonyl (C=O) groups is 1. The van der Waals surface area contributed by atoms with E-state index in [4.69, 9.17) is 14.6 Å². The maximum Gasteiger partial charge on any atom is 0.336 e. The minimum atomic E-state index is -1.17. The highest BCUT2D eigenvalue weighted by Crippen LogP contribution is 2.30. The fourth-order valence-corrected chi connectivity index (χ4v) is 2.05. The van der Waals surface area contributed by atoms with Gasteiger partial charge >= 0.3 is 5.97 Å². The summed E-state index contributed by atoms with van der Waals surface area (Å²) in [5.74, 6) is -0.953. The van der Waals surface area contributed by atoms with Crippen molar-refractivity contribution in [2.75, 3.05) is 19.8 Å². The highest BCUT2D eigenvalue weighted by atomic mass is 16.5. The first-order chi connectivity index (χ1) is 7.64. The van der Waals surface area contributed by atoms with E-state index in [1.807, 2.05) is 6.92 Å². The Kier molecular flexibility index (Phi) is 5.18. The fraction of sp³-hybridized carbons (Fsp3) is 0.909. The molecule has 0 aromatic carbocycles. The van der Waals surface area contributed by atoms with Crippen LogP contribution in [0.5, 0.6) is 0 Å². The number of aliphatic hydroxyl groups is 1. The van der Waals surface area contributed by atoms with E-state index in [1.165, 1.54) is 0 Å². The highest BCUT2D eigenvalue weighted by molar-refractivity contribution is 5.77. The smallest absolute Gasteiger partial charge is 0.336 e. The van der Waals surface area contributed by atoms with Crippen LogP contribution in [0.15, 0.2) is 0 Å². The van der Waals surface area contributed by atoms with Gasteiger partial charge in [-0.1, -0.05) is 13.3 Å². The summed E-state index contributed by atoms with van der Waals surface area (Å²) in [6.07, 6.45) is 2.48. The normalized spacial score (nSPS) is 30.2. The van der Waals surface area contributed by atoms with Crippen LogP contribution in [0.4, 0.5) is 0 Å². The van der Waals surface area contributed by atoms with Crippen molar-refractivity contribution in [3.05, 3.63) is 0 Å². The second-order valence-electron chi connectivity index (χ2n) is 4.11. The average Bonchev–Trinajstić information content (AvgIpc) is 2.27. The zero-order valence-electron chi connectivity index (χ0n) is 9.65. The molecule has 0 aliphatic carbocycles. The Hall–Kier alpha value is -0.650. The van der Waals surface area contributed by atoms with Crippen molar-refractivity contribution < 1.29 is 24.5 Å². The van der Waals surface area contributed by atoms with Crippen molar-refractivity contribution in [1.29, 1.82) is 0 Å². The van der Waals surface area contributed by atoms with Gasteiger partial charge in [0.25, 0.3) is 0 Å². The Balaban J connectivity index is 2.64. The first kappa shape index (κ1) is 13.4. The van der Waals surface area contributed by atoms with Gasteiger partial charge in [0.15, 0.2) is 5.60 Å². The Morgan fingerprint density at radius 3 is 2.94 bits per heavy atom. The van der Waals surface area contributed by atoms with Crippen molar-refractivity contribution in [1.82, 2.24) is 0 Å². The first-order valence-corrected chi connectivity index (χ1v) is 5.74. The van der Waals surface area contributed by atoms with Crippen molar-refractivity contribution in [2.45, 2.75) is 44.3 Å². The molecule has 1 saturated heterocycles. The van der Waals surface area contributed by atoms with Gasteiger partial charge in [-0.3, -0.25) is 0 Å². The molecule has 1 fully saturated rings. The van der Waals surface area contributed by atoms with Gasteiger partial charge in [0.05, 0.1) is 25.9 Å². The molecular formula is C11H20O5. The van der Waals surface area contributed by atoms with Crippen LogP contribution in [0.2, 0.25) is 0 Å². The standard InChI is InChI=1S/C11H20O5/c1-2-3-9-8-11(10(13)14,4-6-15-9)16-7-5-12/h9,12H,2-8H2,1H3,(H,13,14). The van der Waals surface area contributed by atoms with E-state index in [2.05, 4.69) is 0 Å². The van der Waals surface area contributed by atoms with Crippen molar-refractivity contribution in [3.8, 4) is 0 Å². The molecule has 16 heavy (non-hydrogen) atoms. The van der Waals surface area contributed by atoms with Crippen molar-refractivity contribution in [3.63, 3.8) is 0 Å². The molecule has 1 rings (SSSR count). The van der Waals surface area contributed by atoms with E-state index < -0.39 is 11.6 Å². The molecule has 1 aliphatic rings. The van der Waals surface area contributed by atoms with Crippen LogP contribution in [-0.2, 0) is 14.3 Å². The van der Waals surface area contributed by atoms with Crippen LogP contribution in [0.1, 0.15) is 32.6 Å². The highest BCUT2D eigenvalue weighted by Gasteiger charge is 2.44. The molecule has 1 heterocycles. The summed E-state index contributed by atoms with van der Waals surface area (Å²) in [6.45, 7) is 2.34. The molecular weight excluding hydrogens is 212 g/mol. The minimum Gasteiger partial charge on any atom is -0.479 e. The first-order valence-electron chi connectivity index (χ1n) is 5.74. The predicted molar refractivity (Wildman–Crippen MR) is 57.3 cm³/mol. The molecule has 2 atom stereocenters. The molecule has 5 heteroatoms. The molecule has 0 amide bonds. The third-order valence-corrected chi connectivity index (χ3v) is 2.89. The third kappa shape index (κ3) is 3.17. The largest absolute Gasteiger partial charge is 0.479 e. The predicted octanol–water partition coefficient (Wildman–Crippen LogP) is 0.798. The number of hydrogen-bond donors (Lipinski definition) is 2. The summed E-state index contributed by atoms with van der Waals surface area (Å²) < 4.78 is 10.8. The summed E-state index contributed by atoms with van der Waals surface area (Å²) in [5.41, 5.74) is -1.17. The summed E-state index contributed by atoms with van der Waals surface area (Å²) >= 11 is 0. The van der Waals surface area contributed by atoms with Gasteiger partial charge in [0.2, 0.25) is 0 Å². The lowest BCUT2D eigenvalue weighted by Crippen LogP contribution is -2.49. The number of aliphatic carboxylic acids is 1. The summed E-state index contributed by atoms with van der Waals surface area (Å²) in [6, 6.07) is 0. The summed E-state index contributed by atoms with van der Waals surface area (Å²) in [5, 5.41) is 18.0. The number of hydrogen-bond acceptors (Lipinski definition) is 4. The van der Waals surface area contributed by atoms with Gasteiger partial charge in [0, 0.05) is 12.8 Å². The van der Waals surface area contributed by atoms with E-state index in [0.717, 1.165) is 12.8 Å². The lowest BCUT2D eigenvalue weighted by atomic mass is 9.88. The lowest BCUT2D eigenvalue weighted by Gasteiger charge is -2.37. The second kappa shape index (κ2) is 6.18. The van der Waals surface area contributed by atoms with Crippen molar-refractivity contribution in [2.24, 2.45) is 0 Å². The van der Waals surface area contributed by atoms with Crippen LogP contribution in [0, 0.1) is 0 Å². The number of rotatable bonds is 6. The maximum absolute atomic E-state index is 11.3. The molecule has 0 saturated carbocycles. The van der Waals surface area contributed by atoms with Crippen LogP contribution in [-0.4, -0.2) is 47.7 Å². The molecule has 0 aromatic heterocycles. The molecule has 0 aromatic rings. The molecule has 94 valence electrons. The topological polar surface area (TPSA) is 76.0 Å².